The van der Waals surface area contributed by atoms with Crippen molar-refractivity contribution in [2.24, 2.45) is 5.92 Å². The molecule has 1 aromatic carbocycles. The fraction of sp³-hybridized carbons (Fsp3) is 0.471. The second kappa shape index (κ2) is 6.23. The Labute approximate surface area is 120 Å². The zero-order valence-corrected chi connectivity index (χ0v) is 12.1. The maximum absolute atomic E-state index is 6.12. The lowest BCUT2D eigenvalue weighted by Gasteiger charge is -2.14. The monoisotopic (exact) mass is 270 g/mol. The van der Waals surface area contributed by atoms with Gasteiger partial charge in [-0.1, -0.05) is 25.0 Å². The van der Waals surface area contributed by atoms with Gasteiger partial charge in [-0.25, -0.2) is 0 Å². The zero-order chi connectivity index (χ0) is 13.8. The molecule has 0 unspecified atom stereocenters. The molecule has 0 radical (unpaired) electrons. The summed E-state index contributed by atoms with van der Waals surface area (Å²) >= 11 is 0. The van der Waals surface area contributed by atoms with Gasteiger partial charge in [0.25, 0.3) is 0 Å². The average Bonchev–Trinajstić information content (AvgIpc) is 2.98. The summed E-state index contributed by atoms with van der Waals surface area (Å²) in [6, 6.07) is 10.3. The highest BCUT2D eigenvalue weighted by Gasteiger charge is 2.16. The van der Waals surface area contributed by atoms with E-state index in [1.807, 2.05) is 19.2 Å². The molecule has 3 heteroatoms. The molecule has 3 rings (SSSR count). The van der Waals surface area contributed by atoms with E-state index in [-0.39, 0.29) is 0 Å². The fourth-order valence-corrected chi connectivity index (χ4v) is 2.97. The summed E-state index contributed by atoms with van der Waals surface area (Å²) < 4.78 is 6.12. The fourth-order valence-electron chi connectivity index (χ4n) is 2.97. The third-order valence-corrected chi connectivity index (χ3v) is 4.04. The van der Waals surface area contributed by atoms with E-state index in [1.54, 1.807) is 0 Å². The molecule has 1 N–H and O–H groups in total. The minimum absolute atomic E-state index is 0.731. The number of hydrogen-bond acceptors (Lipinski definition) is 3. The minimum Gasteiger partial charge on any atom is -0.493 e. The van der Waals surface area contributed by atoms with Gasteiger partial charge in [-0.05, 0) is 37.9 Å². The van der Waals surface area contributed by atoms with Gasteiger partial charge >= 0.3 is 0 Å². The summed E-state index contributed by atoms with van der Waals surface area (Å²) in [4.78, 5) is 4.66. The van der Waals surface area contributed by atoms with Crippen molar-refractivity contribution in [3.63, 3.8) is 0 Å². The van der Waals surface area contributed by atoms with Crippen molar-refractivity contribution in [1.82, 2.24) is 10.3 Å². The molecule has 0 saturated heterocycles. The smallest absolute Gasteiger partial charge is 0.130 e. The first-order valence-electron chi connectivity index (χ1n) is 7.53. The van der Waals surface area contributed by atoms with Gasteiger partial charge in [0.05, 0.1) is 17.8 Å². The van der Waals surface area contributed by atoms with Crippen LogP contribution in [0, 0.1) is 5.92 Å². The Morgan fingerprint density at radius 1 is 1.25 bits per heavy atom. The normalized spacial score (nSPS) is 15.8. The Kier molecular flexibility index (Phi) is 4.16. The number of fused-ring (bicyclic) bond motifs is 1. The molecule has 1 aliphatic rings. The highest BCUT2D eigenvalue weighted by molar-refractivity contribution is 5.85. The van der Waals surface area contributed by atoms with Crippen LogP contribution in [-0.4, -0.2) is 18.6 Å². The maximum atomic E-state index is 6.12. The van der Waals surface area contributed by atoms with Gasteiger partial charge in [0, 0.05) is 18.0 Å². The van der Waals surface area contributed by atoms with E-state index in [9.17, 15) is 0 Å². The first-order valence-corrected chi connectivity index (χ1v) is 7.53. The maximum Gasteiger partial charge on any atom is 0.130 e. The summed E-state index contributed by atoms with van der Waals surface area (Å²) in [5.41, 5.74) is 2.05. The summed E-state index contributed by atoms with van der Waals surface area (Å²) in [5, 5.41) is 4.27. The number of nitrogens with zero attached hydrogens (tertiary/aromatic N) is 1. The van der Waals surface area contributed by atoms with Gasteiger partial charge in [-0.15, -0.1) is 0 Å². The van der Waals surface area contributed by atoms with E-state index in [1.165, 1.54) is 25.7 Å². The van der Waals surface area contributed by atoms with Crippen LogP contribution in [0.25, 0.3) is 10.9 Å². The van der Waals surface area contributed by atoms with E-state index in [2.05, 4.69) is 28.5 Å². The van der Waals surface area contributed by atoms with Crippen LogP contribution in [0.4, 0.5) is 0 Å². The molecule has 0 aliphatic heterocycles. The van der Waals surface area contributed by atoms with Crippen molar-refractivity contribution in [3.8, 4) is 5.75 Å². The molecular weight excluding hydrogens is 248 g/mol. The average molecular weight is 270 g/mol. The van der Waals surface area contributed by atoms with E-state index >= 15 is 0 Å². The third-order valence-electron chi connectivity index (χ3n) is 4.04. The molecule has 1 aliphatic carbocycles. The second-order valence-electron chi connectivity index (χ2n) is 5.62. The number of nitrogens with one attached hydrogen (secondary N) is 1. The Hall–Kier alpha value is -1.61. The number of ether oxygens (including phenoxy) is 1. The van der Waals surface area contributed by atoms with Crippen LogP contribution in [0.2, 0.25) is 0 Å². The zero-order valence-electron chi connectivity index (χ0n) is 12.1. The Morgan fingerprint density at radius 2 is 2.05 bits per heavy atom. The van der Waals surface area contributed by atoms with Gasteiger partial charge in [0.15, 0.2) is 0 Å². The van der Waals surface area contributed by atoms with Crippen LogP contribution in [0.5, 0.6) is 5.75 Å². The van der Waals surface area contributed by atoms with Gasteiger partial charge < -0.3 is 10.1 Å². The summed E-state index contributed by atoms with van der Waals surface area (Å²) in [5.74, 6) is 1.71. The summed E-state index contributed by atoms with van der Waals surface area (Å²) in [6.45, 7) is 1.61. The molecule has 2 aromatic rings. The molecule has 1 aromatic heterocycles. The topological polar surface area (TPSA) is 34.1 Å². The third kappa shape index (κ3) is 2.93. The number of aromatic nitrogens is 1. The van der Waals surface area contributed by atoms with Gasteiger partial charge in [-0.2, -0.15) is 0 Å². The van der Waals surface area contributed by atoms with Crippen molar-refractivity contribution in [3.05, 3.63) is 36.0 Å². The SMILES string of the molecule is CNCc1cc(OCC2CCCC2)c2ccccc2n1. The van der Waals surface area contributed by atoms with Gasteiger partial charge in [-0.3, -0.25) is 4.98 Å². The number of pyridine rings is 1. The number of rotatable bonds is 5. The first kappa shape index (κ1) is 13.4. The Balaban J connectivity index is 1.86. The highest BCUT2D eigenvalue weighted by Crippen LogP contribution is 2.29. The second-order valence-corrected chi connectivity index (χ2v) is 5.62. The quantitative estimate of drug-likeness (QED) is 0.902. The molecule has 0 spiro atoms. The predicted molar refractivity (Wildman–Crippen MR) is 82.0 cm³/mol. The number of para-hydroxylation sites is 1. The summed E-state index contributed by atoms with van der Waals surface area (Å²) in [7, 11) is 1.94. The standard InChI is InChI=1S/C17H22N2O/c1-18-11-14-10-17(20-12-13-6-2-3-7-13)15-8-4-5-9-16(15)19-14/h4-5,8-10,13,18H,2-3,6-7,11-12H2,1H3. The predicted octanol–water partition coefficient (Wildman–Crippen LogP) is 3.52. The van der Waals surface area contributed by atoms with Crippen LogP contribution >= 0.6 is 0 Å². The Bertz CT molecular complexity index is 576. The van der Waals surface area contributed by atoms with E-state index < -0.39 is 0 Å². The number of benzene rings is 1. The molecule has 3 nitrogen and oxygen atoms in total. The van der Waals surface area contributed by atoms with Crippen LogP contribution in [0.15, 0.2) is 30.3 Å². The molecule has 1 heterocycles. The first-order chi connectivity index (χ1) is 9.86. The van der Waals surface area contributed by atoms with Crippen LogP contribution in [0.1, 0.15) is 31.4 Å². The molecule has 1 fully saturated rings. The van der Waals surface area contributed by atoms with Gasteiger partial charge in [0.2, 0.25) is 0 Å². The van der Waals surface area contributed by atoms with Crippen molar-refractivity contribution >= 4 is 10.9 Å². The number of hydrogen-bond donors (Lipinski definition) is 1. The molecule has 0 bridgehead atoms. The Morgan fingerprint density at radius 3 is 2.85 bits per heavy atom. The van der Waals surface area contributed by atoms with E-state index in [4.69, 9.17) is 4.74 Å². The summed E-state index contributed by atoms with van der Waals surface area (Å²) in [6.07, 6.45) is 5.34. The van der Waals surface area contributed by atoms with Crippen molar-refractivity contribution < 1.29 is 4.74 Å². The van der Waals surface area contributed by atoms with Gasteiger partial charge in [0.1, 0.15) is 5.75 Å². The lowest BCUT2D eigenvalue weighted by molar-refractivity contribution is 0.254. The van der Waals surface area contributed by atoms with Crippen molar-refractivity contribution in [2.75, 3.05) is 13.7 Å². The lowest BCUT2D eigenvalue weighted by atomic mass is 10.1. The molecule has 0 amide bonds. The van der Waals surface area contributed by atoms with Crippen molar-refractivity contribution in [2.45, 2.75) is 32.2 Å². The van der Waals surface area contributed by atoms with Crippen LogP contribution < -0.4 is 10.1 Å². The lowest BCUT2D eigenvalue weighted by Crippen LogP contribution is -2.10. The van der Waals surface area contributed by atoms with Crippen molar-refractivity contribution in [1.29, 1.82) is 0 Å². The highest BCUT2D eigenvalue weighted by atomic mass is 16.5. The molecular formula is C17H22N2O. The molecule has 106 valence electrons. The van der Waals surface area contributed by atoms with E-state index in [0.29, 0.717) is 0 Å². The molecule has 0 atom stereocenters. The molecule has 1 saturated carbocycles. The largest absolute Gasteiger partial charge is 0.493 e. The molecule has 20 heavy (non-hydrogen) atoms. The minimum atomic E-state index is 0.731. The van der Waals surface area contributed by atoms with E-state index in [0.717, 1.165) is 41.4 Å². The van der Waals surface area contributed by atoms with Crippen LogP contribution in [0.3, 0.4) is 0 Å². The van der Waals surface area contributed by atoms with Crippen LogP contribution in [-0.2, 0) is 6.54 Å².